The molecule has 1 N–H and O–H groups in total. The van der Waals surface area contributed by atoms with Gasteiger partial charge < -0.3 is 19.3 Å². The molecule has 0 aliphatic rings. The number of hydrogen-bond acceptors (Lipinski definition) is 7. The van der Waals surface area contributed by atoms with Gasteiger partial charge in [0.25, 0.3) is 5.91 Å². The average Bonchev–Trinajstić information content (AvgIpc) is 3.18. The second-order valence-electron chi connectivity index (χ2n) is 5.76. The molecule has 0 saturated carbocycles. The molecular formula is C19H19N3O5. The zero-order valence-electron chi connectivity index (χ0n) is 14.8. The second-order valence-corrected chi connectivity index (χ2v) is 5.76. The molecule has 0 aliphatic carbocycles. The summed E-state index contributed by atoms with van der Waals surface area (Å²) in [6.45, 7) is 0.487. The Bertz CT molecular complexity index is 932. The number of esters is 1. The highest BCUT2D eigenvalue weighted by atomic mass is 16.5. The van der Waals surface area contributed by atoms with Crippen LogP contribution in [0.15, 0.2) is 47.2 Å². The third-order valence-electron chi connectivity index (χ3n) is 3.87. The van der Waals surface area contributed by atoms with Gasteiger partial charge in [-0.15, -0.1) is 0 Å². The van der Waals surface area contributed by atoms with Crippen molar-refractivity contribution >= 4 is 22.6 Å². The molecule has 0 unspecified atom stereocenters. The van der Waals surface area contributed by atoms with Crippen molar-refractivity contribution in [2.45, 2.75) is 19.4 Å². The number of nitrogens with one attached hydrogen (secondary N) is 1. The van der Waals surface area contributed by atoms with Crippen molar-refractivity contribution < 1.29 is 23.6 Å². The van der Waals surface area contributed by atoms with E-state index >= 15 is 0 Å². The number of pyridine rings is 1. The van der Waals surface area contributed by atoms with Gasteiger partial charge in [0, 0.05) is 42.2 Å². The standard InChI is InChI=1S/C19H19N3O5/c1-25-18(23)6-3-8-21-19(24)16-10-14(27-22-16)12-26-17-5-2-4-13-11-20-9-7-15(13)17/h2,4-5,7,9-11H,3,6,8,12H2,1H3,(H,21,24). The molecule has 2 aromatic heterocycles. The fraction of sp³-hybridized carbons (Fsp3) is 0.263. The number of carbonyl (C=O) groups is 2. The summed E-state index contributed by atoms with van der Waals surface area (Å²) in [5, 5.41) is 8.34. The maximum atomic E-state index is 12.0. The summed E-state index contributed by atoms with van der Waals surface area (Å²) < 4.78 is 15.5. The first-order chi connectivity index (χ1) is 13.2. The molecule has 27 heavy (non-hydrogen) atoms. The summed E-state index contributed by atoms with van der Waals surface area (Å²) in [5.41, 5.74) is 0.161. The number of methoxy groups -OCH3 is 1. The van der Waals surface area contributed by atoms with Crippen LogP contribution >= 0.6 is 0 Å². The fourth-order valence-electron chi connectivity index (χ4n) is 2.48. The smallest absolute Gasteiger partial charge is 0.305 e. The summed E-state index contributed by atoms with van der Waals surface area (Å²) >= 11 is 0. The lowest BCUT2D eigenvalue weighted by Crippen LogP contribution is -2.25. The number of ether oxygens (including phenoxy) is 2. The molecule has 0 radical (unpaired) electrons. The first-order valence-corrected chi connectivity index (χ1v) is 8.43. The predicted molar refractivity (Wildman–Crippen MR) is 96.2 cm³/mol. The number of hydrogen-bond donors (Lipinski definition) is 1. The van der Waals surface area contributed by atoms with Crippen LogP contribution in [-0.2, 0) is 16.1 Å². The third kappa shape index (κ3) is 4.81. The average molecular weight is 369 g/mol. The number of carbonyl (C=O) groups excluding carboxylic acids is 2. The van der Waals surface area contributed by atoms with Gasteiger partial charge in [-0.05, 0) is 18.6 Å². The molecule has 0 saturated heterocycles. The molecule has 0 aliphatic heterocycles. The predicted octanol–water partition coefficient (Wildman–Crippen LogP) is 2.48. The maximum absolute atomic E-state index is 12.0. The van der Waals surface area contributed by atoms with E-state index in [0.717, 1.165) is 10.8 Å². The summed E-state index contributed by atoms with van der Waals surface area (Å²) in [7, 11) is 1.33. The first-order valence-electron chi connectivity index (χ1n) is 8.43. The fourth-order valence-corrected chi connectivity index (χ4v) is 2.48. The van der Waals surface area contributed by atoms with Crippen molar-refractivity contribution in [2.75, 3.05) is 13.7 Å². The molecule has 8 nitrogen and oxygen atoms in total. The van der Waals surface area contributed by atoms with Gasteiger partial charge in [-0.2, -0.15) is 0 Å². The van der Waals surface area contributed by atoms with Crippen LogP contribution in [0.25, 0.3) is 10.8 Å². The van der Waals surface area contributed by atoms with Gasteiger partial charge in [-0.1, -0.05) is 17.3 Å². The Labute approximate surface area is 155 Å². The zero-order valence-corrected chi connectivity index (χ0v) is 14.8. The number of rotatable bonds is 8. The van der Waals surface area contributed by atoms with E-state index in [2.05, 4.69) is 20.2 Å². The lowest BCUT2D eigenvalue weighted by Gasteiger charge is -2.07. The molecule has 1 amide bonds. The minimum absolute atomic E-state index is 0.143. The lowest BCUT2D eigenvalue weighted by molar-refractivity contribution is -0.140. The van der Waals surface area contributed by atoms with E-state index < -0.39 is 0 Å². The number of benzene rings is 1. The molecule has 3 aromatic rings. The topological polar surface area (TPSA) is 104 Å². The van der Waals surface area contributed by atoms with Crippen LogP contribution in [0.3, 0.4) is 0 Å². The highest BCUT2D eigenvalue weighted by Gasteiger charge is 2.13. The van der Waals surface area contributed by atoms with E-state index in [-0.39, 0.29) is 30.6 Å². The molecule has 1 aromatic carbocycles. The van der Waals surface area contributed by atoms with Crippen LogP contribution in [0.5, 0.6) is 5.75 Å². The Morgan fingerprint density at radius 3 is 3.00 bits per heavy atom. The quantitative estimate of drug-likeness (QED) is 0.480. The summed E-state index contributed by atoms with van der Waals surface area (Å²) in [5.74, 6) is 0.446. The summed E-state index contributed by atoms with van der Waals surface area (Å²) in [4.78, 5) is 27.1. The van der Waals surface area contributed by atoms with E-state index in [1.54, 1.807) is 12.4 Å². The molecule has 0 fully saturated rings. The summed E-state index contributed by atoms with van der Waals surface area (Å²) in [6.07, 6.45) is 4.20. The first kappa shape index (κ1) is 18.4. The van der Waals surface area contributed by atoms with Crippen LogP contribution in [-0.4, -0.2) is 35.7 Å². The Balaban J connectivity index is 1.53. The SMILES string of the molecule is COC(=O)CCCNC(=O)c1cc(COc2cccc3cnccc23)on1. The second kappa shape index (κ2) is 8.79. The minimum Gasteiger partial charge on any atom is -0.485 e. The van der Waals surface area contributed by atoms with Crippen LogP contribution in [0.4, 0.5) is 0 Å². The highest BCUT2D eigenvalue weighted by molar-refractivity contribution is 5.92. The van der Waals surface area contributed by atoms with Crippen LogP contribution < -0.4 is 10.1 Å². The van der Waals surface area contributed by atoms with Crippen LogP contribution in [0.2, 0.25) is 0 Å². The van der Waals surface area contributed by atoms with Crippen molar-refractivity contribution in [2.24, 2.45) is 0 Å². The maximum Gasteiger partial charge on any atom is 0.305 e. The Hall–Kier alpha value is -3.42. The normalized spacial score (nSPS) is 10.6. The van der Waals surface area contributed by atoms with Crippen molar-refractivity contribution in [1.29, 1.82) is 0 Å². The Morgan fingerprint density at radius 1 is 1.26 bits per heavy atom. The van der Waals surface area contributed by atoms with Crippen LogP contribution in [0.1, 0.15) is 29.1 Å². The van der Waals surface area contributed by atoms with Gasteiger partial charge in [0.15, 0.2) is 11.5 Å². The van der Waals surface area contributed by atoms with E-state index in [1.807, 2.05) is 24.3 Å². The number of fused-ring (bicyclic) bond motifs is 1. The van der Waals surface area contributed by atoms with Crippen LogP contribution in [0, 0.1) is 0 Å². The number of amides is 1. The third-order valence-corrected chi connectivity index (χ3v) is 3.87. The highest BCUT2D eigenvalue weighted by Crippen LogP contribution is 2.25. The van der Waals surface area contributed by atoms with Crippen molar-refractivity contribution in [3.8, 4) is 5.75 Å². The lowest BCUT2D eigenvalue weighted by atomic mass is 10.1. The zero-order chi connectivity index (χ0) is 19.1. The van der Waals surface area contributed by atoms with Crippen molar-refractivity contribution in [3.05, 3.63) is 54.2 Å². The molecule has 0 spiro atoms. The van der Waals surface area contributed by atoms with Crippen molar-refractivity contribution in [3.63, 3.8) is 0 Å². The molecule has 3 rings (SSSR count). The monoisotopic (exact) mass is 369 g/mol. The Kier molecular flexibility index (Phi) is 5.98. The minimum atomic E-state index is -0.369. The van der Waals surface area contributed by atoms with Gasteiger partial charge in [0.1, 0.15) is 12.4 Å². The summed E-state index contributed by atoms with van der Waals surface area (Å²) in [6, 6.07) is 9.09. The number of nitrogens with zero attached hydrogens (tertiary/aromatic N) is 2. The van der Waals surface area contributed by atoms with Gasteiger partial charge in [-0.3, -0.25) is 14.6 Å². The van der Waals surface area contributed by atoms with Gasteiger partial charge >= 0.3 is 5.97 Å². The van der Waals surface area contributed by atoms with Gasteiger partial charge in [0.05, 0.1) is 7.11 Å². The molecule has 0 atom stereocenters. The van der Waals surface area contributed by atoms with E-state index in [4.69, 9.17) is 9.26 Å². The van der Waals surface area contributed by atoms with Crippen molar-refractivity contribution in [1.82, 2.24) is 15.5 Å². The van der Waals surface area contributed by atoms with E-state index in [9.17, 15) is 9.59 Å². The molecule has 8 heteroatoms. The Morgan fingerprint density at radius 2 is 2.15 bits per heavy atom. The van der Waals surface area contributed by atoms with E-state index in [1.165, 1.54) is 13.2 Å². The molecule has 0 bridgehead atoms. The molecule has 2 heterocycles. The molecular weight excluding hydrogens is 350 g/mol. The van der Waals surface area contributed by atoms with Gasteiger partial charge in [-0.25, -0.2) is 0 Å². The van der Waals surface area contributed by atoms with E-state index in [0.29, 0.717) is 24.5 Å². The number of aromatic nitrogens is 2. The molecule has 140 valence electrons. The van der Waals surface area contributed by atoms with Gasteiger partial charge in [0.2, 0.25) is 0 Å². The largest absolute Gasteiger partial charge is 0.485 e.